The SMILES string of the molecule is Cc1nnc(-c2c(CCC3CCOCC3)nc3c(c2-c2cc4ccnc(Cc5ccc(F)c(F)c5)c4s2)S(=O)(=O)C[C@H]3C(C)C)o1. The molecule has 2 aliphatic rings. The maximum Gasteiger partial charge on any atom is 0.250 e. The van der Waals surface area contributed by atoms with Gasteiger partial charge in [-0.3, -0.25) is 9.97 Å². The number of ether oxygens (including phenoxy) is 1. The summed E-state index contributed by atoms with van der Waals surface area (Å²) in [7, 11) is -3.71. The van der Waals surface area contributed by atoms with Crippen LogP contribution < -0.4 is 0 Å². The second-order valence-corrected chi connectivity index (χ2v) is 15.6. The Labute approximate surface area is 270 Å². The molecule has 5 aromatic rings. The molecule has 1 saturated heterocycles. The molecule has 0 amide bonds. The van der Waals surface area contributed by atoms with Gasteiger partial charge in [0.15, 0.2) is 21.5 Å². The topological polar surface area (TPSA) is 108 Å². The Hall–Kier alpha value is -3.61. The van der Waals surface area contributed by atoms with Gasteiger partial charge in [0.2, 0.25) is 11.8 Å². The molecule has 0 saturated carbocycles. The number of rotatable bonds is 8. The first-order valence-corrected chi connectivity index (χ1v) is 18.1. The third-order valence-electron chi connectivity index (χ3n) is 9.10. The largest absolute Gasteiger partial charge is 0.421 e. The highest BCUT2D eigenvalue weighted by Gasteiger charge is 2.43. The summed E-state index contributed by atoms with van der Waals surface area (Å²) < 4.78 is 68.2. The number of hydrogen-bond acceptors (Lipinski definition) is 9. The van der Waals surface area contributed by atoms with Gasteiger partial charge in [-0.15, -0.1) is 21.5 Å². The molecule has 0 aliphatic carbocycles. The summed E-state index contributed by atoms with van der Waals surface area (Å²) in [5.41, 5.74) is 3.72. The molecule has 12 heteroatoms. The number of hydrogen-bond donors (Lipinski definition) is 0. The van der Waals surface area contributed by atoms with Gasteiger partial charge in [0, 0.05) is 49.1 Å². The van der Waals surface area contributed by atoms with Crippen LogP contribution in [0.3, 0.4) is 0 Å². The molecule has 0 radical (unpaired) electrons. The molecule has 6 heterocycles. The standard InChI is InChI=1S/C34H34F2N4O4S2/c1-18(2)23-17-46(41,42)33-30(28-16-22-8-11-37-27(32(22)45-28)15-21-4-6-24(35)25(36)14-21)29(34-40-39-19(3)44-34)26(38-31(23)33)7-5-20-9-12-43-13-10-20/h4,6,8,11,14,16,18,20,23H,5,7,9-10,12-13,15,17H2,1-3H3/t23-/m0/s1. The van der Waals surface area contributed by atoms with Crippen LogP contribution >= 0.6 is 11.3 Å². The predicted molar refractivity (Wildman–Crippen MR) is 172 cm³/mol. The number of sulfone groups is 1. The van der Waals surface area contributed by atoms with Crippen molar-refractivity contribution in [1.29, 1.82) is 0 Å². The Kier molecular flexibility index (Phi) is 8.23. The van der Waals surface area contributed by atoms with E-state index in [1.165, 1.54) is 17.4 Å². The second-order valence-electron chi connectivity index (χ2n) is 12.6. The fourth-order valence-electron chi connectivity index (χ4n) is 6.64. The molecule has 0 N–H and O–H groups in total. The number of fused-ring (bicyclic) bond motifs is 2. The van der Waals surface area contributed by atoms with Crippen LogP contribution in [0.5, 0.6) is 0 Å². The van der Waals surface area contributed by atoms with Crippen molar-refractivity contribution in [2.24, 2.45) is 11.8 Å². The third kappa shape index (κ3) is 5.75. The van der Waals surface area contributed by atoms with Gasteiger partial charge in [-0.05, 0) is 72.7 Å². The molecule has 2 aliphatic heterocycles. The van der Waals surface area contributed by atoms with Gasteiger partial charge in [0.1, 0.15) is 0 Å². The summed E-state index contributed by atoms with van der Waals surface area (Å²) in [6.45, 7) is 7.24. The van der Waals surface area contributed by atoms with E-state index in [0.29, 0.717) is 46.3 Å². The normalized spacial score (nSPS) is 18.1. The van der Waals surface area contributed by atoms with Crippen LogP contribution in [0.25, 0.3) is 32.0 Å². The molecular formula is C34H34F2N4O4S2. The zero-order valence-electron chi connectivity index (χ0n) is 25.8. The van der Waals surface area contributed by atoms with Gasteiger partial charge in [-0.1, -0.05) is 19.9 Å². The lowest BCUT2D eigenvalue weighted by atomic mass is 9.89. The van der Waals surface area contributed by atoms with Gasteiger partial charge >= 0.3 is 0 Å². The highest BCUT2D eigenvalue weighted by atomic mass is 32.2. The highest BCUT2D eigenvalue weighted by Crippen LogP contribution is 2.50. The van der Waals surface area contributed by atoms with Crippen molar-refractivity contribution in [2.75, 3.05) is 19.0 Å². The zero-order valence-corrected chi connectivity index (χ0v) is 27.5. The summed E-state index contributed by atoms with van der Waals surface area (Å²) in [5, 5.41) is 9.35. The van der Waals surface area contributed by atoms with Gasteiger partial charge < -0.3 is 9.15 Å². The summed E-state index contributed by atoms with van der Waals surface area (Å²) in [4.78, 5) is 10.7. The smallest absolute Gasteiger partial charge is 0.250 e. The fraction of sp³-hybridized carbons (Fsp3) is 0.412. The van der Waals surface area contributed by atoms with Crippen molar-refractivity contribution in [3.05, 3.63) is 76.7 Å². The molecule has 0 bridgehead atoms. The van der Waals surface area contributed by atoms with E-state index in [4.69, 9.17) is 14.1 Å². The summed E-state index contributed by atoms with van der Waals surface area (Å²) in [6.07, 6.45) is 5.41. The number of pyridine rings is 2. The van der Waals surface area contributed by atoms with Crippen molar-refractivity contribution in [1.82, 2.24) is 20.2 Å². The minimum absolute atomic E-state index is 0.0143. The van der Waals surface area contributed by atoms with Crippen LogP contribution in [-0.2, 0) is 27.4 Å². The number of halogens is 2. The first-order chi connectivity index (χ1) is 22.1. The maximum atomic E-state index is 14.1. The minimum Gasteiger partial charge on any atom is -0.421 e. The van der Waals surface area contributed by atoms with Crippen molar-refractivity contribution in [3.63, 3.8) is 0 Å². The maximum absolute atomic E-state index is 14.1. The summed E-state index contributed by atoms with van der Waals surface area (Å²) in [6, 6.07) is 7.68. The Bertz CT molecular complexity index is 2050. The number of aromatic nitrogens is 4. The van der Waals surface area contributed by atoms with Crippen LogP contribution in [0.4, 0.5) is 8.78 Å². The molecule has 8 nitrogen and oxygen atoms in total. The second kappa shape index (κ2) is 12.2. The van der Waals surface area contributed by atoms with Crippen molar-refractivity contribution >= 4 is 31.3 Å². The van der Waals surface area contributed by atoms with E-state index in [-0.39, 0.29) is 34.8 Å². The van der Waals surface area contributed by atoms with E-state index >= 15 is 0 Å². The molecule has 0 unspecified atom stereocenters. The third-order valence-corrected chi connectivity index (χ3v) is 12.1. The first-order valence-electron chi connectivity index (χ1n) is 15.6. The molecule has 46 heavy (non-hydrogen) atoms. The average Bonchev–Trinajstić information content (AvgIpc) is 3.73. The van der Waals surface area contributed by atoms with E-state index in [1.807, 2.05) is 26.0 Å². The molecule has 0 spiro atoms. The van der Waals surface area contributed by atoms with E-state index in [9.17, 15) is 17.2 Å². The number of aryl methyl sites for hydroxylation is 2. The molecule has 1 atom stereocenters. The number of thiophene rings is 1. The van der Waals surface area contributed by atoms with E-state index in [2.05, 4.69) is 15.2 Å². The first kappa shape index (κ1) is 31.0. The van der Waals surface area contributed by atoms with Gasteiger partial charge in [-0.25, -0.2) is 17.2 Å². The van der Waals surface area contributed by atoms with Crippen LogP contribution in [0.1, 0.15) is 67.6 Å². The van der Waals surface area contributed by atoms with Crippen molar-refractivity contribution < 1.29 is 26.4 Å². The predicted octanol–water partition coefficient (Wildman–Crippen LogP) is 7.47. The lowest BCUT2D eigenvalue weighted by Crippen LogP contribution is -2.17. The lowest BCUT2D eigenvalue weighted by molar-refractivity contribution is 0.0639. The molecular weight excluding hydrogens is 631 g/mol. The van der Waals surface area contributed by atoms with Crippen LogP contribution in [-0.4, -0.2) is 47.5 Å². The summed E-state index contributed by atoms with van der Waals surface area (Å²) in [5.74, 6) is -0.939. The van der Waals surface area contributed by atoms with Crippen LogP contribution in [0.2, 0.25) is 0 Å². The zero-order chi connectivity index (χ0) is 32.2. The quantitative estimate of drug-likeness (QED) is 0.168. The Morgan fingerprint density at radius 1 is 1.02 bits per heavy atom. The average molecular weight is 665 g/mol. The molecule has 1 fully saturated rings. The van der Waals surface area contributed by atoms with Gasteiger partial charge in [-0.2, -0.15) is 0 Å². The van der Waals surface area contributed by atoms with Crippen molar-refractivity contribution in [2.45, 2.75) is 63.7 Å². The lowest BCUT2D eigenvalue weighted by Gasteiger charge is -2.23. The van der Waals surface area contributed by atoms with E-state index in [1.54, 1.807) is 19.2 Å². The summed E-state index contributed by atoms with van der Waals surface area (Å²) >= 11 is 1.42. The van der Waals surface area contributed by atoms with E-state index in [0.717, 1.165) is 59.2 Å². The minimum atomic E-state index is -3.71. The molecule has 1 aromatic carbocycles. The highest BCUT2D eigenvalue weighted by molar-refractivity contribution is 7.92. The number of nitrogens with zero attached hydrogens (tertiary/aromatic N) is 4. The number of benzene rings is 1. The van der Waals surface area contributed by atoms with Gasteiger partial charge in [0.25, 0.3) is 0 Å². The van der Waals surface area contributed by atoms with Crippen LogP contribution in [0, 0.1) is 30.4 Å². The molecule has 7 rings (SSSR count). The van der Waals surface area contributed by atoms with Gasteiger partial charge in [0.05, 0.1) is 38.0 Å². The monoisotopic (exact) mass is 664 g/mol. The molecule has 240 valence electrons. The van der Waals surface area contributed by atoms with Crippen molar-refractivity contribution in [3.8, 4) is 21.9 Å². The Balaban J connectivity index is 1.44. The Morgan fingerprint density at radius 2 is 1.83 bits per heavy atom. The molecule has 4 aromatic heterocycles. The Morgan fingerprint density at radius 3 is 2.54 bits per heavy atom. The van der Waals surface area contributed by atoms with Crippen LogP contribution in [0.15, 0.2) is 45.8 Å². The van der Waals surface area contributed by atoms with E-state index < -0.39 is 21.5 Å². The fourth-order valence-corrected chi connectivity index (χ4v) is 10.1.